The minimum absolute atomic E-state index is 0.390. The molecule has 0 saturated heterocycles. The smallest absolute Gasteiger partial charge is 0.201 e. The minimum atomic E-state index is -0.390. The van der Waals surface area contributed by atoms with E-state index in [-0.39, 0.29) is 6.17 Å². The Bertz CT molecular complexity index is 2010. The van der Waals surface area contributed by atoms with Crippen molar-refractivity contribution in [3.05, 3.63) is 131 Å². The van der Waals surface area contributed by atoms with E-state index < -0.39 is 0 Å². The molecule has 0 saturated carbocycles. The van der Waals surface area contributed by atoms with Gasteiger partial charge < -0.3 is 15.1 Å². The zero-order valence-corrected chi connectivity index (χ0v) is 21.1. The zero-order valence-electron chi connectivity index (χ0n) is 21.1. The summed E-state index contributed by atoms with van der Waals surface area (Å²) in [6.07, 6.45) is 3.85. The van der Waals surface area contributed by atoms with E-state index in [4.69, 9.17) is 14.4 Å². The maximum Gasteiger partial charge on any atom is 0.201 e. The van der Waals surface area contributed by atoms with E-state index in [0.29, 0.717) is 0 Å². The van der Waals surface area contributed by atoms with Crippen LogP contribution in [0, 0.1) is 0 Å². The van der Waals surface area contributed by atoms with Gasteiger partial charge in [0.05, 0.1) is 0 Å². The van der Waals surface area contributed by atoms with Crippen LogP contribution in [0.15, 0.2) is 124 Å². The van der Waals surface area contributed by atoms with Crippen molar-refractivity contribution < 1.29 is 4.42 Å². The molecule has 1 unspecified atom stereocenters. The van der Waals surface area contributed by atoms with Gasteiger partial charge in [0.15, 0.2) is 6.17 Å². The highest BCUT2D eigenvalue weighted by Gasteiger charge is 2.25. The minimum Gasteiger partial charge on any atom is -0.440 e. The van der Waals surface area contributed by atoms with Crippen LogP contribution in [0.4, 0.5) is 5.88 Å². The Balaban J connectivity index is 1.31. The van der Waals surface area contributed by atoms with Crippen molar-refractivity contribution in [2.75, 3.05) is 11.9 Å². The number of nitrogens with one attached hydrogen (secondary N) is 2. The molecule has 5 nitrogen and oxygen atoms in total. The molecule has 0 aliphatic carbocycles. The van der Waals surface area contributed by atoms with E-state index in [0.717, 1.165) is 57.3 Å². The van der Waals surface area contributed by atoms with Gasteiger partial charge in [-0.15, -0.1) is 0 Å². The summed E-state index contributed by atoms with van der Waals surface area (Å²) in [5.41, 5.74) is 4.94. The maximum atomic E-state index is 6.17. The van der Waals surface area contributed by atoms with Crippen molar-refractivity contribution >= 4 is 56.1 Å². The van der Waals surface area contributed by atoms with Crippen LogP contribution in [0.3, 0.4) is 0 Å². The number of fused-ring (bicyclic) bond motifs is 5. The molecule has 8 rings (SSSR count). The molecule has 0 radical (unpaired) electrons. The highest BCUT2D eigenvalue weighted by Crippen LogP contribution is 2.36. The Kier molecular flexibility index (Phi) is 4.88. The Labute approximate surface area is 225 Å². The normalized spacial score (nSPS) is 16.5. The van der Waals surface area contributed by atoms with E-state index >= 15 is 0 Å². The molecule has 0 spiro atoms. The number of rotatable bonds is 3. The lowest BCUT2D eigenvalue weighted by Crippen LogP contribution is -2.36. The van der Waals surface area contributed by atoms with Crippen molar-refractivity contribution in [1.82, 2.24) is 5.32 Å². The van der Waals surface area contributed by atoms with E-state index in [1.165, 1.54) is 21.5 Å². The number of benzene rings is 5. The van der Waals surface area contributed by atoms with Crippen LogP contribution in [0.5, 0.6) is 0 Å². The Hall–Kier alpha value is -5.16. The monoisotopic (exact) mass is 504 g/mol. The summed E-state index contributed by atoms with van der Waals surface area (Å²) in [6, 6.07) is 35.9. The van der Waals surface area contributed by atoms with E-state index in [9.17, 15) is 0 Å². The third-order valence-corrected chi connectivity index (χ3v) is 7.51. The molecular formula is C34H24N4O. The summed E-state index contributed by atoms with van der Waals surface area (Å²) < 4.78 is 6.17. The fraction of sp³-hybridized carbons (Fsp3) is 0.0588. The molecule has 0 bridgehead atoms. The van der Waals surface area contributed by atoms with Crippen molar-refractivity contribution in [2.24, 2.45) is 9.98 Å². The third-order valence-electron chi connectivity index (χ3n) is 7.51. The van der Waals surface area contributed by atoms with Crippen LogP contribution in [0.2, 0.25) is 0 Å². The van der Waals surface area contributed by atoms with Crippen molar-refractivity contribution in [1.29, 1.82) is 0 Å². The molecule has 3 heterocycles. The number of anilines is 1. The van der Waals surface area contributed by atoms with Crippen molar-refractivity contribution in [3.63, 3.8) is 0 Å². The van der Waals surface area contributed by atoms with Crippen LogP contribution < -0.4 is 10.6 Å². The molecule has 6 aromatic rings. The summed E-state index contributed by atoms with van der Waals surface area (Å²) in [7, 11) is 0. The molecule has 2 N–H and O–H groups in total. The molecule has 5 heteroatoms. The average Bonchev–Trinajstić information content (AvgIpc) is 3.39. The first kappa shape index (κ1) is 21.9. The predicted molar refractivity (Wildman–Crippen MR) is 161 cm³/mol. The quantitative estimate of drug-likeness (QED) is 0.260. The number of hydrogen-bond acceptors (Lipinski definition) is 5. The highest BCUT2D eigenvalue weighted by atomic mass is 16.3. The SMILES string of the molecule is C1=Cc2c(oc3cccc(C4=NC(c5ccc6ccccc6c5)N=C(c5ccc6ccccc6c5)N4)c23)NC1. The van der Waals surface area contributed by atoms with Crippen LogP contribution in [0.25, 0.3) is 38.6 Å². The molecule has 39 heavy (non-hydrogen) atoms. The van der Waals surface area contributed by atoms with Crippen LogP contribution in [-0.2, 0) is 0 Å². The first-order valence-corrected chi connectivity index (χ1v) is 13.2. The molecule has 0 fully saturated rings. The molecule has 2 aliphatic rings. The lowest BCUT2D eigenvalue weighted by Gasteiger charge is -2.23. The van der Waals surface area contributed by atoms with Crippen LogP contribution >= 0.6 is 0 Å². The predicted octanol–water partition coefficient (Wildman–Crippen LogP) is 7.67. The van der Waals surface area contributed by atoms with Gasteiger partial charge in [0.2, 0.25) is 5.88 Å². The van der Waals surface area contributed by atoms with Crippen molar-refractivity contribution in [2.45, 2.75) is 6.17 Å². The van der Waals surface area contributed by atoms with Gasteiger partial charge in [-0.25, -0.2) is 9.98 Å². The van der Waals surface area contributed by atoms with Gasteiger partial charge >= 0.3 is 0 Å². The molecule has 5 aromatic carbocycles. The first-order chi connectivity index (χ1) is 19.3. The fourth-order valence-electron chi connectivity index (χ4n) is 5.58. The van der Waals surface area contributed by atoms with E-state index in [2.05, 4.69) is 114 Å². The number of furan rings is 1. The molecule has 1 atom stereocenters. The van der Waals surface area contributed by atoms with Gasteiger partial charge in [0.1, 0.15) is 17.3 Å². The lowest BCUT2D eigenvalue weighted by molar-refractivity contribution is 0.628. The highest BCUT2D eigenvalue weighted by molar-refractivity contribution is 6.21. The molecular weight excluding hydrogens is 480 g/mol. The number of nitrogens with zero attached hydrogens (tertiary/aromatic N) is 2. The average molecular weight is 505 g/mol. The maximum absolute atomic E-state index is 6.17. The van der Waals surface area contributed by atoms with Crippen LogP contribution in [-0.4, -0.2) is 18.2 Å². The van der Waals surface area contributed by atoms with Gasteiger partial charge in [-0.3, -0.25) is 0 Å². The van der Waals surface area contributed by atoms with Gasteiger partial charge in [-0.2, -0.15) is 0 Å². The van der Waals surface area contributed by atoms with E-state index in [1.807, 2.05) is 12.1 Å². The number of hydrogen-bond donors (Lipinski definition) is 2. The Morgan fingerprint density at radius 2 is 1.44 bits per heavy atom. The summed E-state index contributed by atoms with van der Waals surface area (Å²) >= 11 is 0. The Morgan fingerprint density at radius 3 is 2.28 bits per heavy atom. The van der Waals surface area contributed by atoms with Gasteiger partial charge in [-0.05, 0) is 45.3 Å². The second-order valence-electron chi connectivity index (χ2n) is 9.93. The first-order valence-electron chi connectivity index (χ1n) is 13.2. The van der Waals surface area contributed by atoms with Crippen molar-refractivity contribution in [3.8, 4) is 0 Å². The summed E-state index contributed by atoms with van der Waals surface area (Å²) in [6.45, 7) is 0.754. The third kappa shape index (κ3) is 3.70. The standard InChI is InChI=1S/C34H24N4O/c1-3-9-23-19-25(16-14-21(23)7-1)31-36-32(26-17-15-22-8-2-4-10-24(22)20-26)38-33(37-31)27-11-5-13-29-30(27)28-12-6-18-35-34(28)39-29/h1-17,19-20,31,35H,18H2,(H,36,37,38). The topological polar surface area (TPSA) is 61.9 Å². The Morgan fingerprint density at radius 1 is 0.692 bits per heavy atom. The lowest BCUT2D eigenvalue weighted by atomic mass is 10.0. The fourth-order valence-corrected chi connectivity index (χ4v) is 5.58. The second kappa shape index (κ2) is 8.71. The molecule has 186 valence electrons. The number of aliphatic imine (C=N–C) groups is 2. The largest absolute Gasteiger partial charge is 0.440 e. The zero-order chi connectivity index (χ0) is 25.8. The van der Waals surface area contributed by atoms with Gasteiger partial charge in [0, 0.05) is 28.6 Å². The molecule has 1 aromatic heterocycles. The summed E-state index contributed by atoms with van der Waals surface area (Å²) in [5.74, 6) is 2.37. The molecule has 0 amide bonds. The summed E-state index contributed by atoms with van der Waals surface area (Å²) in [5, 5.41) is 12.7. The second-order valence-corrected chi connectivity index (χ2v) is 9.93. The van der Waals surface area contributed by atoms with Gasteiger partial charge in [0.25, 0.3) is 0 Å². The number of amidine groups is 2. The summed E-state index contributed by atoms with van der Waals surface area (Å²) in [4.78, 5) is 10.3. The van der Waals surface area contributed by atoms with E-state index in [1.54, 1.807) is 0 Å². The molecule has 2 aliphatic heterocycles. The van der Waals surface area contributed by atoms with Crippen LogP contribution in [0.1, 0.15) is 28.4 Å². The van der Waals surface area contributed by atoms with Gasteiger partial charge in [-0.1, -0.05) is 97.1 Å².